The van der Waals surface area contributed by atoms with E-state index in [1.807, 2.05) is 49.4 Å². The van der Waals surface area contributed by atoms with E-state index in [0.717, 1.165) is 34.3 Å². The smallest absolute Gasteiger partial charge is 0.271 e. The van der Waals surface area contributed by atoms with Crippen LogP contribution >= 0.6 is 27.7 Å². The number of methoxy groups -OCH3 is 1. The molecule has 186 valence electrons. The van der Waals surface area contributed by atoms with E-state index >= 15 is 0 Å². The maximum atomic E-state index is 13.7. The van der Waals surface area contributed by atoms with Crippen LogP contribution in [-0.4, -0.2) is 24.8 Å². The van der Waals surface area contributed by atoms with E-state index in [0.29, 0.717) is 28.2 Å². The molecule has 0 atom stereocenters. The first kappa shape index (κ1) is 26.0. The molecule has 0 radical (unpaired) electrons. The molecule has 1 aliphatic heterocycles. The SMILES string of the molecule is CCOc1cc(/C=C2\SC(=Nc3ccc(CC)cc3)N(c3ccc(CC)cc3)C2=O)c(Br)cc1OC. The zero-order valence-corrected chi connectivity index (χ0v) is 23.3. The number of halogens is 1. The van der Waals surface area contributed by atoms with Gasteiger partial charge in [0.05, 0.1) is 30.0 Å². The molecule has 0 bridgehead atoms. The molecule has 3 aromatic carbocycles. The number of rotatable bonds is 8. The second kappa shape index (κ2) is 11.8. The summed E-state index contributed by atoms with van der Waals surface area (Å²) in [5.41, 5.74) is 4.89. The van der Waals surface area contributed by atoms with Crippen molar-refractivity contribution in [3.8, 4) is 11.5 Å². The van der Waals surface area contributed by atoms with Gasteiger partial charge in [0.1, 0.15) is 0 Å². The number of carbonyl (C=O) groups is 1. The molecule has 1 saturated heterocycles. The third-order valence-electron chi connectivity index (χ3n) is 5.85. The third-order valence-corrected chi connectivity index (χ3v) is 7.50. The zero-order chi connectivity index (χ0) is 25.7. The molecule has 0 saturated carbocycles. The van der Waals surface area contributed by atoms with Crippen molar-refractivity contribution in [3.63, 3.8) is 0 Å². The maximum absolute atomic E-state index is 13.7. The van der Waals surface area contributed by atoms with Crippen LogP contribution in [0.1, 0.15) is 37.5 Å². The predicted molar refractivity (Wildman–Crippen MR) is 154 cm³/mol. The minimum Gasteiger partial charge on any atom is -0.493 e. The average Bonchev–Trinajstić information content (AvgIpc) is 3.20. The van der Waals surface area contributed by atoms with E-state index < -0.39 is 0 Å². The van der Waals surface area contributed by atoms with E-state index in [1.165, 1.54) is 22.9 Å². The Kier molecular flexibility index (Phi) is 8.54. The lowest BCUT2D eigenvalue weighted by Gasteiger charge is -2.16. The highest BCUT2D eigenvalue weighted by Gasteiger charge is 2.35. The minimum atomic E-state index is -0.117. The largest absolute Gasteiger partial charge is 0.493 e. The second-order valence-corrected chi connectivity index (χ2v) is 10.0. The van der Waals surface area contributed by atoms with Gasteiger partial charge in [0.25, 0.3) is 5.91 Å². The van der Waals surface area contributed by atoms with E-state index in [4.69, 9.17) is 14.5 Å². The Morgan fingerprint density at radius 2 is 1.58 bits per heavy atom. The summed E-state index contributed by atoms with van der Waals surface area (Å²) in [6.45, 7) is 6.67. The predicted octanol–water partition coefficient (Wildman–Crippen LogP) is 7.79. The van der Waals surface area contributed by atoms with E-state index in [-0.39, 0.29) is 5.91 Å². The van der Waals surface area contributed by atoms with Crippen LogP contribution in [-0.2, 0) is 17.6 Å². The first-order chi connectivity index (χ1) is 17.5. The molecular weight excluding hydrogens is 536 g/mol. The maximum Gasteiger partial charge on any atom is 0.271 e. The van der Waals surface area contributed by atoms with Crippen LogP contribution in [0.15, 0.2) is 75.0 Å². The number of ether oxygens (including phenoxy) is 2. The highest BCUT2D eigenvalue weighted by atomic mass is 79.9. The number of nitrogens with zero attached hydrogens (tertiary/aromatic N) is 2. The van der Waals surface area contributed by atoms with Gasteiger partial charge in [0.2, 0.25) is 0 Å². The average molecular weight is 566 g/mol. The number of amides is 1. The van der Waals surface area contributed by atoms with Gasteiger partial charge in [0, 0.05) is 4.47 Å². The quantitative estimate of drug-likeness (QED) is 0.262. The Morgan fingerprint density at radius 3 is 2.17 bits per heavy atom. The molecule has 1 aliphatic rings. The van der Waals surface area contributed by atoms with Crippen LogP contribution in [0.2, 0.25) is 0 Å². The lowest BCUT2D eigenvalue weighted by atomic mass is 10.1. The van der Waals surface area contributed by atoms with E-state index in [1.54, 1.807) is 12.0 Å². The van der Waals surface area contributed by atoms with Gasteiger partial charge in [-0.15, -0.1) is 0 Å². The third kappa shape index (κ3) is 5.68. The molecule has 1 amide bonds. The summed E-state index contributed by atoms with van der Waals surface area (Å²) in [6, 6.07) is 19.9. The summed E-state index contributed by atoms with van der Waals surface area (Å²) >= 11 is 4.98. The van der Waals surface area contributed by atoms with Crippen LogP contribution in [0.3, 0.4) is 0 Å². The Balaban J connectivity index is 1.77. The number of hydrogen-bond acceptors (Lipinski definition) is 5. The van der Waals surface area contributed by atoms with Gasteiger partial charge >= 0.3 is 0 Å². The number of benzene rings is 3. The van der Waals surface area contributed by atoms with E-state index in [9.17, 15) is 4.79 Å². The molecule has 4 rings (SSSR count). The normalized spacial score (nSPS) is 15.7. The van der Waals surface area contributed by atoms with Gasteiger partial charge in [-0.1, -0.05) is 54.0 Å². The van der Waals surface area contributed by atoms with Gasteiger partial charge in [-0.05, 0) is 90.7 Å². The molecule has 0 aliphatic carbocycles. The summed E-state index contributed by atoms with van der Waals surface area (Å²) < 4.78 is 12.0. The summed E-state index contributed by atoms with van der Waals surface area (Å²) in [5, 5.41) is 0.620. The van der Waals surface area contributed by atoms with Crippen LogP contribution in [0.5, 0.6) is 11.5 Å². The molecule has 1 fully saturated rings. The topological polar surface area (TPSA) is 51.1 Å². The summed E-state index contributed by atoms with van der Waals surface area (Å²) in [5.74, 6) is 1.14. The van der Waals surface area contributed by atoms with Crippen molar-refractivity contribution >= 4 is 56.2 Å². The monoisotopic (exact) mass is 564 g/mol. The Hall–Kier alpha value is -3.03. The number of aryl methyl sites for hydroxylation is 2. The van der Waals surface area contributed by atoms with Crippen molar-refractivity contribution in [3.05, 3.63) is 86.7 Å². The summed E-state index contributed by atoms with van der Waals surface area (Å²) in [4.78, 5) is 20.8. The fourth-order valence-corrected chi connectivity index (χ4v) is 5.23. The molecule has 0 spiro atoms. The molecule has 1 heterocycles. The van der Waals surface area contributed by atoms with Crippen molar-refractivity contribution in [2.24, 2.45) is 4.99 Å². The van der Waals surface area contributed by atoms with Crippen molar-refractivity contribution < 1.29 is 14.3 Å². The van der Waals surface area contributed by atoms with Crippen LogP contribution in [0.4, 0.5) is 11.4 Å². The van der Waals surface area contributed by atoms with Gasteiger partial charge < -0.3 is 9.47 Å². The van der Waals surface area contributed by atoms with Crippen molar-refractivity contribution in [2.45, 2.75) is 33.6 Å². The molecule has 0 aromatic heterocycles. The van der Waals surface area contributed by atoms with Crippen LogP contribution < -0.4 is 14.4 Å². The number of thioether (sulfide) groups is 1. The Morgan fingerprint density at radius 1 is 0.944 bits per heavy atom. The first-order valence-corrected chi connectivity index (χ1v) is 13.6. The lowest BCUT2D eigenvalue weighted by Crippen LogP contribution is -2.28. The van der Waals surface area contributed by atoms with Crippen LogP contribution in [0, 0.1) is 0 Å². The molecule has 0 N–H and O–H groups in total. The highest BCUT2D eigenvalue weighted by Crippen LogP contribution is 2.40. The summed E-state index contributed by atoms with van der Waals surface area (Å²) in [6.07, 6.45) is 3.77. The number of aliphatic imine (C=N–C) groups is 1. The van der Waals surface area contributed by atoms with Crippen molar-refractivity contribution in [1.29, 1.82) is 0 Å². The molecule has 5 nitrogen and oxygen atoms in total. The zero-order valence-electron chi connectivity index (χ0n) is 20.9. The molecule has 0 unspecified atom stereocenters. The minimum absolute atomic E-state index is 0.117. The number of carbonyl (C=O) groups excluding carboxylic acids is 1. The fraction of sp³-hybridized carbons (Fsp3) is 0.241. The summed E-state index contributed by atoms with van der Waals surface area (Å²) in [7, 11) is 1.61. The van der Waals surface area contributed by atoms with Gasteiger partial charge in [-0.3, -0.25) is 9.69 Å². The highest BCUT2D eigenvalue weighted by molar-refractivity contribution is 9.10. The molecule has 7 heteroatoms. The Labute approximate surface area is 225 Å². The standard InChI is InChI=1S/C29H29BrN2O3S/c1-5-19-8-12-22(13-9-19)31-29-32(23-14-10-20(6-2)11-15-23)28(33)27(36-29)17-21-16-26(35-7-3)25(34-4)18-24(21)30/h8-18H,5-7H2,1-4H3/b27-17-,31-29?. The van der Waals surface area contributed by atoms with Gasteiger partial charge in [0.15, 0.2) is 16.7 Å². The Bertz CT molecular complexity index is 1300. The first-order valence-electron chi connectivity index (χ1n) is 12.0. The fourth-order valence-electron chi connectivity index (χ4n) is 3.80. The molecule has 3 aromatic rings. The van der Waals surface area contributed by atoms with Crippen molar-refractivity contribution in [2.75, 3.05) is 18.6 Å². The number of amidine groups is 1. The van der Waals surface area contributed by atoms with E-state index in [2.05, 4.69) is 54.0 Å². The number of hydrogen-bond donors (Lipinski definition) is 0. The molecular formula is C29H29BrN2O3S. The van der Waals surface area contributed by atoms with Crippen molar-refractivity contribution in [1.82, 2.24) is 0 Å². The lowest BCUT2D eigenvalue weighted by molar-refractivity contribution is -0.113. The van der Waals surface area contributed by atoms with Crippen LogP contribution in [0.25, 0.3) is 6.08 Å². The second-order valence-electron chi connectivity index (χ2n) is 8.14. The van der Waals surface area contributed by atoms with Gasteiger partial charge in [-0.25, -0.2) is 4.99 Å². The van der Waals surface area contributed by atoms with Gasteiger partial charge in [-0.2, -0.15) is 0 Å². The molecule has 36 heavy (non-hydrogen) atoms. The number of anilines is 1.